The lowest BCUT2D eigenvalue weighted by molar-refractivity contribution is 0.177. The largest absolute Gasteiger partial charge is 0.491 e. The minimum atomic E-state index is -0.590. The zero-order chi connectivity index (χ0) is 14.5. The van der Waals surface area contributed by atoms with Gasteiger partial charge in [0.15, 0.2) is 0 Å². The fourth-order valence-corrected chi connectivity index (χ4v) is 2.03. The lowest BCUT2D eigenvalue weighted by atomic mass is 10.0. The molecule has 1 unspecified atom stereocenters. The predicted octanol–water partition coefficient (Wildman–Crippen LogP) is 2.73. The van der Waals surface area contributed by atoms with Crippen molar-refractivity contribution in [3.63, 3.8) is 0 Å². The van der Waals surface area contributed by atoms with E-state index in [1.807, 2.05) is 44.2 Å². The van der Waals surface area contributed by atoms with Crippen molar-refractivity contribution in [3.05, 3.63) is 53.7 Å². The summed E-state index contributed by atoms with van der Waals surface area (Å²) in [6.07, 6.45) is 1.67. The van der Waals surface area contributed by atoms with Crippen molar-refractivity contribution in [3.8, 4) is 5.75 Å². The van der Waals surface area contributed by atoms with Gasteiger partial charge in [-0.3, -0.25) is 0 Å². The average molecular weight is 272 g/mol. The molecule has 0 aliphatic carbocycles. The average Bonchev–Trinajstić information content (AvgIpc) is 2.38. The third-order valence-corrected chi connectivity index (χ3v) is 2.89. The maximum absolute atomic E-state index is 10.3. The number of hydrogen-bond donors (Lipinski definition) is 2. The van der Waals surface area contributed by atoms with Crippen LogP contribution < -0.4 is 10.5 Å². The molecule has 0 aliphatic heterocycles. The van der Waals surface area contributed by atoms with Crippen LogP contribution in [0.15, 0.2) is 42.6 Å². The zero-order valence-corrected chi connectivity index (χ0v) is 11.8. The van der Waals surface area contributed by atoms with E-state index in [9.17, 15) is 5.11 Å². The van der Waals surface area contributed by atoms with Gasteiger partial charge in [0.2, 0.25) is 0 Å². The molecule has 2 aromatic rings. The molecule has 0 saturated carbocycles. The smallest absolute Gasteiger partial charge is 0.123 e. The Kier molecular flexibility index (Phi) is 4.58. The Balaban J connectivity index is 2.10. The molecule has 2 rings (SSSR count). The van der Waals surface area contributed by atoms with Gasteiger partial charge in [0, 0.05) is 12.6 Å². The standard InChI is InChI=1S/C16H20N2O2/c1-11(2)20-14-5-3-4-13(10-14)15(19)8-12-6-7-18-16(17)9-12/h3-7,9-11,15,19H,8H2,1-2H3,(H2,17,18). The van der Waals surface area contributed by atoms with Gasteiger partial charge in [-0.2, -0.15) is 0 Å². The van der Waals surface area contributed by atoms with E-state index in [4.69, 9.17) is 10.5 Å². The third kappa shape index (κ3) is 3.96. The number of aromatic nitrogens is 1. The number of anilines is 1. The monoisotopic (exact) mass is 272 g/mol. The fourth-order valence-electron chi connectivity index (χ4n) is 2.03. The molecule has 1 atom stereocenters. The number of rotatable bonds is 5. The lowest BCUT2D eigenvalue weighted by Gasteiger charge is -2.14. The summed E-state index contributed by atoms with van der Waals surface area (Å²) in [5.41, 5.74) is 7.43. The van der Waals surface area contributed by atoms with Crippen LogP contribution in [0.25, 0.3) is 0 Å². The van der Waals surface area contributed by atoms with E-state index >= 15 is 0 Å². The van der Waals surface area contributed by atoms with Crippen LogP contribution in [0.2, 0.25) is 0 Å². The fraction of sp³-hybridized carbons (Fsp3) is 0.312. The van der Waals surface area contributed by atoms with E-state index in [1.54, 1.807) is 12.3 Å². The first-order valence-corrected chi connectivity index (χ1v) is 6.69. The second-order valence-electron chi connectivity index (χ2n) is 5.05. The summed E-state index contributed by atoms with van der Waals surface area (Å²) in [6.45, 7) is 3.95. The highest BCUT2D eigenvalue weighted by Gasteiger charge is 2.10. The normalized spacial score (nSPS) is 12.4. The number of benzene rings is 1. The van der Waals surface area contributed by atoms with Crippen molar-refractivity contribution < 1.29 is 9.84 Å². The Bertz CT molecular complexity index is 570. The number of ether oxygens (including phenoxy) is 1. The van der Waals surface area contributed by atoms with Gasteiger partial charge >= 0.3 is 0 Å². The summed E-state index contributed by atoms with van der Waals surface area (Å²) in [5, 5.41) is 10.3. The number of aliphatic hydroxyl groups is 1. The van der Waals surface area contributed by atoms with Gasteiger partial charge in [0.1, 0.15) is 11.6 Å². The number of aliphatic hydroxyl groups excluding tert-OH is 1. The van der Waals surface area contributed by atoms with Crippen LogP contribution in [0, 0.1) is 0 Å². The van der Waals surface area contributed by atoms with Crippen LogP contribution in [-0.4, -0.2) is 16.2 Å². The molecule has 4 nitrogen and oxygen atoms in total. The van der Waals surface area contributed by atoms with Crippen LogP contribution in [0.1, 0.15) is 31.1 Å². The molecule has 1 aromatic heterocycles. The van der Waals surface area contributed by atoms with Gasteiger partial charge in [-0.25, -0.2) is 4.98 Å². The molecule has 20 heavy (non-hydrogen) atoms. The van der Waals surface area contributed by atoms with E-state index in [1.165, 1.54) is 0 Å². The molecule has 0 spiro atoms. The first kappa shape index (κ1) is 14.3. The Morgan fingerprint density at radius 2 is 2.05 bits per heavy atom. The zero-order valence-electron chi connectivity index (χ0n) is 11.8. The minimum Gasteiger partial charge on any atom is -0.491 e. The summed E-state index contributed by atoms with van der Waals surface area (Å²) < 4.78 is 5.63. The lowest BCUT2D eigenvalue weighted by Crippen LogP contribution is -2.07. The first-order valence-electron chi connectivity index (χ1n) is 6.69. The molecule has 0 aliphatic rings. The summed E-state index contributed by atoms with van der Waals surface area (Å²) in [7, 11) is 0. The number of nitrogen functional groups attached to an aromatic ring is 1. The molecule has 4 heteroatoms. The van der Waals surface area contributed by atoms with E-state index in [0.29, 0.717) is 12.2 Å². The van der Waals surface area contributed by atoms with Crippen molar-refractivity contribution in [2.45, 2.75) is 32.5 Å². The maximum Gasteiger partial charge on any atom is 0.123 e. The van der Waals surface area contributed by atoms with Gasteiger partial charge in [-0.1, -0.05) is 12.1 Å². The second kappa shape index (κ2) is 6.39. The highest BCUT2D eigenvalue weighted by Crippen LogP contribution is 2.23. The molecule has 1 heterocycles. The molecular weight excluding hydrogens is 252 g/mol. The summed E-state index contributed by atoms with van der Waals surface area (Å²) >= 11 is 0. The predicted molar refractivity (Wildman–Crippen MR) is 79.5 cm³/mol. The molecule has 0 bridgehead atoms. The Hall–Kier alpha value is -2.07. The Morgan fingerprint density at radius 3 is 2.75 bits per heavy atom. The van der Waals surface area contributed by atoms with E-state index in [-0.39, 0.29) is 6.10 Å². The molecule has 106 valence electrons. The van der Waals surface area contributed by atoms with Gasteiger partial charge in [0.05, 0.1) is 12.2 Å². The molecule has 1 aromatic carbocycles. The van der Waals surface area contributed by atoms with Crippen molar-refractivity contribution in [2.24, 2.45) is 0 Å². The van der Waals surface area contributed by atoms with Crippen molar-refractivity contribution >= 4 is 5.82 Å². The molecule has 3 N–H and O–H groups in total. The van der Waals surface area contributed by atoms with E-state index < -0.39 is 6.10 Å². The van der Waals surface area contributed by atoms with Gasteiger partial charge < -0.3 is 15.6 Å². The maximum atomic E-state index is 10.3. The number of pyridine rings is 1. The van der Waals surface area contributed by atoms with Crippen LogP contribution in [-0.2, 0) is 6.42 Å². The summed E-state index contributed by atoms with van der Waals surface area (Å²) in [6, 6.07) is 11.2. The Labute approximate surface area is 119 Å². The first-order chi connectivity index (χ1) is 9.54. The van der Waals surface area contributed by atoms with Crippen molar-refractivity contribution in [1.82, 2.24) is 4.98 Å². The van der Waals surface area contributed by atoms with E-state index in [2.05, 4.69) is 4.98 Å². The quantitative estimate of drug-likeness (QED) is 0.878. The highest BCUT2D eigenvalue weighted by molar-refractivity contribution is 5.34. The van der Waals surface area contributed by atoms with Gasteiger partial charge in [0.25, 0.3) is 0 Å². The SMILES string of the molecule is CC(C)Oc1cccc(C(O)Cc2ccnc(N)c2)c1. The van der Waals surface area contributed by atoms with Gasteiger partial charge in [-0.15, -0.1) is 0 Å². The van der Waals surface area contributed by atoms with Crippen molar-refractivity contribution in [1.29, 1.82) is 0 Å². The van der Waals surface area contributed by atoms with Crippen LogP contribution in [0.4, 0.5) is 5.82 Å². The molecule has 0 radical (unpaired) electrons. The number of hydrogen-bond acceptors (Lipinski definition) is 4. The molecule has 0 saturated heterocycles. The second-order valence-corrected chi connectivity index (χ2v) is 5.05. The van der Waals surface area contributed by atoms with Gasteiger partial charge in [-0.05, 0) is 49.2 Å². The number of nitrogens with zero attached hydrogens (tertiary/aromatic N) is 1. The topological polar surface area (TPSA) is 68.4 Å². The summed E-state index contributed by atoms with van der Waals surface area (Å²) in [5.74, 6) is 1.23. The highest BCUT2D eigenvalue weighted by atomic mass is 16.5. The number of nitrogens with two attached hydrogens (primary N) is 1. The molecule has 0 amide bonds. The third-order valence-electron chi connectivity index (χ3n) is 2.89. The minimum absolute atomic E-state index is 0.113. The molecular formula is C16H20N2O2. The Morgan fingerprint density at radius 1 is 1.25 bits per heavy atom. The van der Waals surface area contributed by atoms with Crippen LogP contribution in [0.5, 0.6) is 5.75 Å². The van der Waals surface area contributed by atoms with E-state index in [0.717, 1.165) is 16.9 Å². The molecule has 0 fully saturated rings. The van der Waals surface area contributed by atoms with Crippen molar-refractivity contribution in [2.75, 3.05) is 5.73 Å². The van der Waals surface area contributed by atoms with Crippen LogP contribution >= 0.6 is 0 Å². The van der Waals surface area contributed by atoms with Crippen LogP contribution in [0.3, 0.4) is 0 Å². The summed E-state index contributed by atoms with van der Waals surface area (Å²) in [4.78, 5) is 3.94.